The number of ether oxygens (including phenoxy) is 1. The zero-order chi connectivity index (χ0) is 7.72. The smallest absolute Gasteiger partial charge is 0.251 e. The normalized spacial score (nSPS) is 34.7. The van der Waals surface area contributed by atoms with Crippen molar-refractivity contribution >= 4 is 5.91 Å². The van der Waals surface area contributed by atoms with E-state index >= 15 is 0 Å². The van der Waals surface area contributed by atoms with Gasteiger partial charge in [-0.05, 0) is 13.8 Å². The molecule has 0 saturated carbocycles. The van der Waals surface area contributed by atoms with Crippen LogP contribution in [0.3, 0.4) is 0 Å². The first-order valence-corrected chi connectivity index (χ1v) is 3.51. The third kappa shape index (κ3) is 1.29. The molecule has 3 nitrogen and oxygen atoms in total. The van der Waals surface area contributed by atoms with Crippen molar-refractivity contribution in [3.63, 3.8) is 0 Å². The van der Waals surface area contributed by atoms with Gasteiger partial charge >= 0.3 is 0 Å². The average Bonchev–Trinajstić information content (AvgIpc) is 1.82. The molecular weight excluding hydrogens is 130 g/mol. The lowest BCUT2D eigenvalue weighted by Gasteiger charge is -2.31. The van der Waals surface area contributed by atoms with Crippen LogP contribution in [0.2, 0.25) is 0 Å². The molecule has 1 rings (SSSR count). The summed E-state index contributed by atoms with van der Waals surface area (Å²) in [5.74, 6) is 0.0816. The van der Waals surface area contributed by atoms with Crippen molar-refractivity contribution < 1.29 is 9.53 Å². The minimum atomic E-state index is -0.256. The van der Waals surface area contributed by atoms with Crippen LogP contribution in [-0.4, -0.2) is 36.6 Å². The Morgan fingerprint density at radius 3 is 2.70 bits per heavy atom. The van der Waals surface area contributed by atoms with Crippen molar-refractivity contribution in [2.75, 3.05) is 13.6 Å². The van der Waals surface area contributed by atoms with Gasteiger partial charge < -0.3 is 9.64 Å². The summed E-state index contributed by atoms with van der Waals surface area (Å²) in [6.45, 7) is 4.47. The second-order valence-electron chi connectivity index (χ2n) is 2.81. The van der Waals surface area contributed by atoms with Crippen LogP contribution in [0.25, 0.3) is 0 Å². The van der Waals surface area contributed by atoms with Gasteiger partial charge in [0.25, 0.3) is 5.91 Å². The molecule has 1 fully saturated rings. The minimum Gasteiger partial charge on any atom is -0.364 e. The standard InChI is InChI=1S/C7H13NO2/c1-5-4-8(3)7(9)6(2)10-5/h5-6H,4H2,1-3H3. The number of rotatable bonds is 0. The van der Waals surface area contributed by atoms with Crippen LogP contribution in [0.1, 0.15) is 13.8 Å². The van der Waals surface area contributed by atoms with Gasteiger partial charge in [-0.3, -0.25) is 4.79 Å². The second-order valence-corrected chi connectivity index (χ2v) is 2.81. The average molecular weight is 143 g/mol. The number of nitrogens with zero attached hydrogens (tertiary/aromatic N) is 1. The maximum Gasteiger partial charge on any atom is 0.251 e. The fraction of sp³-hybridized carbons (Fsp3) is 0.857. The Labute approximate surface area is 61.0 Å². The number of carbonyl (C=O) groups is 1. The molecule has 1 aliphatic heterocycles. The summed E-state index contributed by atoms with van der Waals surface area (Å²) in [5, 5.41) is 0. The maximum absolute atomic E-state index is 11.1. The Kier molecular flexibility index (Phi) is 1.94. The lowest BCUT2D eigenvalue weighted by molar-refractivity contribution is -0.156. The minimum absolute atomic E-state index is 0.0816. The van der Waals surface area contributed by atoms with E-state index in [4.69, 9.17) is 4.74 Å². The number of morpholine rings is 1. The Balaban J connectivity index is 2.57. The highest BCUT2D eigenvalue weighted by atomic mass is 16.5. The van der Waals surface area contributed by atoms with Crippen LogP contribution < -0.4 is 0 Å². The monoisotopic (exact) mass is 143 g/mol. The van der Waals surface area contributed by atoms with Gasteiger partial charge in [-0.1, -0.05) is 0 Å². The van der Waals surface area contributed by atoms with Crippen LogP contribution in [0.4, 0.5) is 0 Å². The second kappa shape index (κ2) is 2.58. The van der Waals surface area contributed by atoms with Gasteiger partial charge in [-0.15, -0.1) is 0 Å². The largest absolute Gasteiger partial charge is 0.364 e. The molecule has 1 saturated heterocycles. The highest BCUT2D eigenvalue weighted by Crippen LogP contribution is 2.09. The van der Waals surface area contributed by atoms with Gasteiger partial charge in [0.2, 0.25) is 0 Å². The van der Waals surface area contributed by atoms with Crippen molar-refractivity contribution in [2.24, 2.45) is 0 Å². The number of likely N-dealkylation sites (N-methyl/N-ethyl adjacent to an activating group) is 1. The van der Waals surface area contributed by atoms with Crippen molar-refractivity contribution in [1.29, 1.82) is 0 Å². The van der Waals surface area contributed by atoms with Crippen molar-refractivity contribution in [2.45, 2.75) is 26.1 Å². The molecule has 0 N–H and O–H groups in total. The van der Waals surface area contributed by atoms with Gasteiger partial charge in [0, 0.05) is 13.6 Å². The molecule has 0 aliphatic carbocycles. The maximum atomic E-state index is 11.1. The van der Waals surface area contributed by atoms with E-state index < -0.39 is 0 Å². The predicted molar refractivity (Wildman–Crippen MR) is 37.6 cm³/mol. The molecule has 0 aromatic rings. The van der Waals surface area contributed by atoms with Gasteiger partial charge in [0.1, 0.15) is 6.10 Å². The zero-order valence-corrected chi connectivity index (χ0v) is 6.63. The van der Waals surface area contributed by atoms with Crippen molar-refractivity contribution in [3.05, 3.63) is 0 Å². The summed E-state index contributed by atoms with van der Waals surface area (Å²) in [4.78, 5) is 12.8. The number of amides is 1. The molecule has 0 spiro atoms. The van der Waals surface area contributed by atoms with E-state index in [1.807, 2.05) is 6.92 Å². The molecule has 58 valence electrons. The van der Waals surface area contributed by atoms with Crippen LogP contribution in [0.15, 0.2) is 0 Å². The number of hydrogen-bond donors (Lipinski definition) is 0. The third-order valence-electron chi connectivity index (χ3n) is 1.69. The molecule has 1 aliphatic rings. The van der Waals surface area contributed by atoms with Crippen molar-refractivity contribution in [1.82, 2.24) is 4.90 Å². The number of hydrogen-bond acceptors (Lipinski definition) is 2. The van der Waals surface area contributed by atoms with Gasteiger partial charge in [0.05, 0.1) is 6.10 Å². The van der Waals surface area contributed by atoms with E-state index in [0.29, 0.717) is 6.54 Å². The van der Waals surface area contributed by atoms with Crippen molar-refractivity contribution in [3.8, 4) is 0 Å². The summed E-state index contributed by atoms with van der Waals surface area (Å²) >= 11 is 0. The van der Waals surface area contributed by atoms with Gasteiger partial charge in [0.15, 0.2) is 0 Å². The Morgan fingerprint density at radius 2 is 2.20 bits per heavy atom. The Morgan fingerprint density at radius 1 is 1.60 bits per heavy atom. The molecule has 1 amide bonds. The molecule has 0 aromatic carbocycles. The summed E-state index contributed by atoms with van der Waals surface area (Å²) in [6, 6.07) is 0. The Bertz CT molecular complexity index is 133. The molecular formula is C7H13NO2. The third-order valence-corrected chi connectivity index (χ3v) is 1.69. The van der Waals surface area contributed by atoms with Crippen LogP contribution in [-0.2, 0) is 9.53 Å². The first kappa shape index (κ1) is 7.54. The molecule has 10 heavy (non-hydrogen) atoms. The fourth-order valence-corrected chi connectivity index (χ4v) is 1.24. The quantitative estimate of drug-likeness (QED) is 0.486. The van der Waals surface area contributed by atoms with E-state index in [-0.39, 0.29) is 18.1 Å². The van der Waals surface area contributed by atoms with Gasteiger partial charge in [-0.2, -0.15) is 0 Å². The topological polar surface area (TPSA) is 29.5 Å². The van der Waals surface area contributed by atoms with E-state index in [0.717, 1.165) is 0 Å². The lowest BCUT2D eigenvalue weighted by atomic mass is 10.2. The summed E-state index contributed by atoms with van der Waals surface area (Å²) in [6.07, 6.45) is -0.0774. The van der Waals surface area contributed by atoms with Gasteiger partial charge in [-0.25, -0.2) is 0 Å². The molecule has 0 radical (unpaired) electrons. The van der Waals surface area contributed by atoms with E-state index in [1.165, 1.54) is 0 Å². The highest BCUT2D eigenvalue weighted by Gasteiger charge is 2.26. The fourth-order valence-electron chi connectivity index (χ4n) is 1.24. The summed E-state index contributed by atoms with van der Waals surface area (Å²) < 4.78 is 5.28. The first-order chi connectivity index (χ1) is 4.61. The number of carbonyl (C=O) groups excluding carboxylic acids is 1. The summed E-state index contributed by atoms with van der Waals surface area (Å²) in [5.41, 5.74) is 0. The molecule has 3 heteroatoms. The first-order valence-electron chi connectivity index (χ1n) is 3.51. The zero-order valence-electron chi connectivity index (χ0n) is 6.63. The molecule has 0 bridgehead atoms. The summed E-state index contributed by atoms with van der Waals surface area (Å²) in [7, 11) is 1.80. The SMILES string of the molecule is CC1CN(C)C(=O)C(C)O1. The van der Waals surface area contributed by atoms with Crippen LogP contribution in [0, 0.1) is 0 Å². The predicted octanol–water partition coefficient (Wildman–Crippen LogP) is 0.252. The van der Waals surface area contributed by atoms with Crippen LogP contribution >= 0.6 is 0 Å². The molecule has 2 atom stereocenters. The molecule has 1 heterocycles. The lowest BCUT2D eigenvalue weighted by Crippen LogP contribution is -2.47. The van der Waals surface area contributed by atoms with Crippen LogP contribution in [0.5, 0.6) is 0 Å². The van der Waals surface area contributed by atoms with E-state index in [9.17, 15) is 4.79 Å². The molecule has 0 aromatic heterocycles. The molecule has 2 unspecified atom stereocenters. The highest BCUT2D eigenvalue weighted by molar-refractivity contribution is 5.80. The van der Waals surface area contributed by atoms with E-state index in [1.54, 1.807) is 18.9 Å². The Hall–Kier alpha value is -0.570. The van der Waals surface area contributed by atoms with E-state index in [2.05, 4.69) is 0 Å².